The van der Waals surface area contributed by atoms with Crippen LogP contribution in [0, 0.1) is 5.41 Å². The standard InChI is InChI=1S/C6H13NO3.C2H8N2/c1-6(2,3-8)4(9)5(7)10;3-1-2-4/h4,8-9H,3H2,1-2H3,(H2,7,10);1-4H2. The molecule has 0 saturated carbocycles. The number of primary amides is 1. The number of amides is 1. The number of hydrogen-bond donors (Lipinski definition) is 5. The summed E-state index contributed by atoms with van der Waals surface area (Å²) in [6.07, 6.45) is -1.28. The Morgan fingerprint density at radius 3 is 1.79 bits per heavy atom. The minimum absolute atomic E-state index is 0.267. The first-order chi connectivity index (χ1) is 6.33. The van der Waals surface area contributed by atoms with Crippen molar-refractivity contribution in [3.8, 4) is 0 Å². The van der Waals surface area contributed by atoms with Crippen LogP contribution in [0.3, 0.4) is 0 Å². The summed E-state index contributed by atoms with van der Waals surface area (Å²) in [7, 11) is 0. The van der Waals surface area contributed by atoms with E-state index in [1.807, 2.05) is 0 Å². The van der Waals surface area contributed by atoms with E-state index in [1.165, 1.54) is 0 Å². The molecule has 8 N–H and O–H groups in total. The van der Waals surface area contributed by atoms with Crippen molar-refractivity contribution >= 4 is 5.91 Å². The van der Waals surface area contributed by atoms with Crippen LogP contribution in [0.2, 0.25) is 0 Å². The predicted molar refractivity (Wildman–Crippen MR) is 54.2 cm³/mol. The Labute approximate surface area is 84.1 Å². The number of rotatable bonds is 4. The Kier molecular flexibility index (Phi) is 8.66. The van der Waals surface area contributed by atoms with E-state index in [0.29, 0.717) is 13.1 Å². The summed E-state index contributed by atoms with van der Waals surface area (Å²) in [5, 5.41) is 17.7. The topological polar surface area (TPSA) is 136 Å². The lowest BCUT2D eigenvalue weighted by atomic mass is 9.87. The van der Waals surface area contributed by atoms with Gasteiger partial charge in [-0.25, -0.2) is 0 Å². The largest absolute Gasteiger partial charge is 0.396 e. The van der Waals surface area contributed by atoms with E-state index in [-0.39, 0.29) is 6.61 Å². The van der Waals surface area contributed by atoms with Crippen LogP contribution in [-0.2, 0) is 4.79 Å². The van der Waals surface area contributed by atoms with E-state index in [4.69, 9.17) is 27.4 Å². The Hall–Kier alpha value is -0.690. The second-order valence-electron chi connectivity index (χ2n) is 3.53. The van der Waals surface area contributed by atoms with Crippen molar-refractivity contribution in [1.29, 1.82) is 0 Å². The quantitative estimate of drug-likeness (QED) is 0.355. The molecule has 0 aromatic rings. The van der Waals surface area contributed by atoms with Crippen LogP contribution in [0.15, 0.2) is 0 Å². The molecule has 0 aromatic heterocycles. The Bertz CT molecular complexity index is 160. The molecule has 1 amide bonds. The fraction of sp³-hybridized carbons (Fsp3) is 0.875. The van der Waals surface area contributed by atoms with Gasteiger partial charge in [0.25, 0.3) is 0 Å². The van der Waals surface area contributed by atoms with Gasteiger partial charge in [0.05, 0.1) is 6.61 Å². The molecule has 0 spiro atoms. The molecule has 6 heteroatoms. The number of carbonyl (C=O) groups excluding carboxylic acids is 1. The molecule has 0 aliphatic rings. The van der Waals surface area contributed by atoms with Gasteiger partial charge in [-0.15, -0.1) is 0 Å². The summed E-state index contributed by atoms with van der Waals surface area (Å²) in [4.78, 5) is 10.4. The van der Waals surface area contributed by atoms with Gasteiger partial charge in [0.15, 0.2) is 0 Å². The van der Waals surface area contributed by atoms with Crippen molar-refractivity contribution in [1.82, 2.24) is 0 Å². The highest BCUT2D eigenvalue weighted by molar-refractivity contribution is 5.79. The molecule has 6 nitrogen and oxygen atoms in total. The molecule has 0 bridgehead atoms. The molecular formula is C8H21N3O3. The first kappa shape index (κ1) is 15.8. The van der Waals surface area contributed by atoms with E-state index in [1.54, 1.807) is 13.8 Å². The van der Waals surface area contributed by atoms with Gasteiger partial charge < -0.3 is 27.4 Å². The average molecular weight is 207 g/mol. The second-order valence-corrected chi connectivity index (χ2v) is 3.53. The van der Waals surface area contributed by atoms with Crippen LogP contribution in [0.1, 0.15) is 13.8 Å². The van der Waals surface area contributed by atoms with Crippen molar-refractivity contribution in [3.63, 3.8) is 0 Å². The Balaban J connectivity index is 0. The van der Waals surface area contributed by atoms with Gasteiger partial charge in [-0.2, -0.15) is 0 Å². The van der Waals surface area contributed by atoms with Gasteiger partial charge in [-0.05, 0) is 0 Å². The molecule has 1 unspecified atom stereocenters. The van der Waals surface area contributed by atoms with E-state index < -0.39 is 17.4 Å². The number of aliphatic hydroxyl groups is 2. The van der Waals surface area contributed by atoms with E-state index in [2.05, 4.69) is 0 Å². The normalized spacial score (nSPS) is 12.7. The first-order valence-corrected chi connectivity index (χ1v) is 4.31. The van der Waals surface area contributed by atoms with Crippen molar-refractivity contribution in [2.75, 3.05) is 19.7 Å². The maximum Gasteiger partial charge on any atom is 0.246 e. The number of aliphatic hydroxyl groups excluding tert-OH is 2. The first-order valence-electron chi connectivity index (χ1n) is 4.31. The second kappa shape index (κ2) is 7.69. The fourth-order valence-electron chi connectivity index (χ4n) is 0.472. The summed E-state index contributed by atoms with van der Waals surface area (Å²) in [5.74, 6) is -0.806. The molecule has 0 radical (unpaired) electrons. The van der Waals surface area contributed by atoms with Crippen LogP contribution in [0.25, 0.3) is 0 Å². The lowest BCUT2D eigenvalue weighted by molar-refractivity contribution is -0.133. The lowest BCUT2D eigenvalue weighted by Crippen LogP contribution is -2.42. The molecule has 0 aromatic carbocycles. The van der Waals surface area contributed by atoms with Crippen molar-refractivity contribution < 1.29 is 15.0 Å². The summed E-state index contributed by atoms with van der Waals surface area (Å²) < 4.78 is 0. The van der Waals surface area contributed by atoms with Crippen molar-refractivity contribution in [2.24, 2.45) is 22.6 Å². The van der Waals surface area contributed by atoms with E-state index >= 15 is 0 Å². The highest BCUT2D eigenvalue weighted by Crippen LogP contribution is 2.18. The van der Waals surface area contributed by atoms with Crippen LogP contribution in [-0.4, -0.2) is 41.9 Å². The highest BCUT2D eigenvalue weighted by Gasteiger charge is 2.31. The zero-order valence-electron chi connectivity index (χ0n) is 8.73. The van der Waals surface area contributed by atoms with Gasteiger partial charge in [0.1, 0.15) is 6.10 Å². The number of nitrogens with two attached hydrogens (primary N) is 3. The molecule has 0 fully saturated rings. The molecule has 0 heterocycles. The lowest BCUT2D eigenvalue weighted by Gasteiger charge is -2.25. The fourth-order valence-corrected chi connectivity index (χ4v) is 0.472. The van der Waals surface area contributed by atoms with Crippen LogP contribution < -0.4 is 17.2 Å². The van der Waals surface area contributed by atoms with E-state index in [9.17, 15) is 4.79 Å². The van der Waals surface area contributed by atoms with Gasteiger partial charge >= 0.3 is 0 Å². The summed E-state index contributed by atoms with van der Waals surface area (Å²) in [5.41, 5.74) is 13.8. The van der Waals surface area contributed by atoms with Gasteiger partial charge in [0, 0.05) is 18.5 Å². The average Bonchev–Trinajstić information content (AvgIpc) is 2.16. The molecule has 86 valence electrons. The molecule has 0 aliphatic heterocycles. The van der Waals surface area contributed by atoms with Gasteiger partial charge in [-0.3, -0.25) is 4.79 Å². The van der Waals surface area contributed by atoms with Crippen LogP contribution >= 0.6 is 0 Å². The minimum atomic E-state index is -1.28. The monoisotopic (exact) mass is 207 g/mol. The third-order valence-corrected chi connectivity index (χ3v) is 1.58. The molecule has 0 rings (SSSR count). The summed E-state index contributed by atoms with van der Waals surface area (Å²) in [6.45, 7) is 4.04. The Morgan fingerprint density at radius 2 is 1.71 bits per heavy atom. The van der Waals surface area contributed by atoms with Gasteiger partial charge in [-0.1, -0.05) is 13.8 Å². The Morgan fingerprint density at radius 1 is 1.36 bits per heavy atom. The van der Waals surface area contributed by atoms with Gasteiger partial charge in [0.2, 0.25) is 5.91 Å². The van der Waals surface area contributed by atoms with E-state index in [0.717, 1.165) is 0 Å². The van der Waals surface area contributed by atoms with Crippen LogP contribution in [0.5, 0.6) is 0 Å². The molecule has 0 aliphatic carbocycles. The maximum absolute atomic E-state index is 10.4. The zero-order chi connectivity index (χ0) is 11.8. The van der Waals surface area contributed by atoms with Crippen molar-refractivity contribution in [2.45, 2.75) is 20.0 Å². The SMILES string of the molecule is CC(C)(CO)C(O)C(N)=O.NCCN. The zero-order valence-corrected chi connectivity index (χ0v) is 8.73. The highest BCUT2D eigenvalue weighted by atomic mass is 16.3. The molecule has 14 heavy (non-hydrogen) atoms. The summed E-state index contributed by atoms with van der Waals surface area (Å²) in [6, 6.07) is 0. The minimum Gasteiger partial charge on any atom is -0.396 e. The number of hydrogen-bond acceptors (Lipinski definition) is 5. The van der Waals surface area contributed by atoms with Crippen molar-refractivity contribution in [3.05, 3.63) is 0 Å². The summed E-state index contributed by atoms with van der Waals surface area (Å²) >= 11 is 0. The van der Waals surface area contributed by atoms with Crippen LogP contribution in [0.4, 0.5) is 0 Å². The smallest absolute Gasteiger partial charge is 0.246 e. The molecule has 1 atom stereocenters. The number of carbonyl (C=O) groups is 1. The molecule has 0 saturated heterocycles. The third-order valence-electron chi connectivity index (χ3n) is 1.58. The predicted octanol–water partition coefficient (Wildman–Crippen LogP) is -2.25. The molecular weight excluding hydrogens is 186 g/mol. The maximum atomic E-state index is 10.4. The third kappa shape index (κ3) is 6.79.